The van der Waals surface area contributed by atoms with Crippen LogP contribution >= 0.6 is 15.9 Å². The number of carbonyl (C=O) groups excluding carboxylic acids is 1. The Morgan fingerprint density at radius 1 is 1.15 bits per heavy atom. The number of halogens is 1. The van der Waals surface area contributed by atoms with Crippen LogP contribution in [-0.4, -0.2) is 53.4 Å². The summed E-state index contributed by atoms with van der Waals surface area (Å²) >= 11 is 3.50. The van der Waals surface area contributed by atoms with E-state index in [0.29, 0.717) is 0 Å². The molecule has 1 aliphatic heterocycles. The Bertz CT molecular complexity index is 811. The first kappa shape index (κ1) is 17.7. The molecule has 0 atom stereocenters. The quantitative estimate of drug-likeness (QED) is 0.759. The molecule has 2 aromatic rings. The molecule has 26 heavy (non-hydrogen) atoms. The number of rotatable bonds is 4. The van der Waals surface area contributed by atoms with Crippen molar-refractivity contribution in [3.05, 3.63) is 52.1 Å². The van der Waals surface area contributed by atoms with Gasteiger partial charge >= 0.3 is 0 Å². The number of aromatic nitrogens is 1. The minimum absolute atomic E-state index is 0.113. The molecule has 0 bridgehead atoms. The van der Waals surface area contributed by atoms with Crippen LogP contribution in [0.25, 0.3) is 11.3 Å². The summed E-state index contributed by atoms with van der Waals surface area (Å²) < 4.78 is 1.03. The van der Waals surface area contributed by atoms with Crippen LogP contribution in [0.4, 0.5) is 0 Å². The largest absolute Gasteiger partial charge is 0.336 e. The third-order valence-electron chi connectivity index (χ3n) is 5.31. The number of piperazine rings is 1. The number of hydrogen-bond donors (Lipinski definition) is 0. The average molecular weight is 414 g/mol. The third-order valence-corrected chi connectivity index (χ3v) is 5.80. The third kappa shape index (κ3) is 3.99. The molecule has 5 heteroatoms. The van der Waals surface area contributed by atoms with Gasteiger partial charge in [-0.25, -0.2) is 0 Å². The van der Waals surface area contributed by atoms with E-state index >= 15 is 0 Å². The Labute approximate surface area is 163 Å². The zero-order valence-electron chi connectivity index (χ0n) is 15.1. The summed E-state index contributed by atoms with van der Waals surface area (Å²) in [6.07, 6.45) is 2.77. The Balaban J connectivity index is 1.44. The Kier molecular flexibility index (Phi) is 5.09. The number of carbonyl (C=O) groups is 1. The van der Waals surface area contributed by atoms with Crippen LogP contribution < -0.4 is 0 Å². The number of hydrogen-bond acceptors (Lipinski definition) is 3. The van der Waals surface area contributed by atoms with Gasteiger partial charge in [-0.1, -0.05) is 28.1 Å². The van der Waals surface area contributed by atoms with Gasteiger partial charge in [-0.15, -0.1) is 0 Å². The van der Waals surface area contributed by atoms with Crippen LogP contribution in [-0.2, 0) is 0 Å². The molecule has 1 aromatic carbocycles. The lowest BCUT2D eigenvalue weighted by molar-refractivity contribution is 0.0631. The lowest BCUT2D eigenvalue weighted by Crippen LogP contribution is -2.49. The maximum atomic E-state index is 12.9. The number of benzene rings is 1. The lowest BCUT2D eigenvalue weighted by atomic mass is 10.1. The second kappa shape index (κ2) is 7.49. The smallest absolute Gasteiger partial charge is 0.255 e. The predicted octanol–water partition coefficient (Wildman–Crippen LogP) is 3.99. The SMILES string of the molecule is Cc1nc(-c2cccc(Br)c2)ccc1C(=O)N1CCN(CC2CC2)CC1. The molecule has 2 aliphatic rings. The minimum atomic E-state index is 0.113. The molecule has 1 aromatic heterocycles. The van der Waals surface area contributed by atoms with Crippen LogP contribution in [0.1, 0.15) is 28.9 Å². The summed E-state index contributed by atoms with van der Waals surface area (Å²) in [5.41, 5.74) is 3.47. The van der Waals surface area contributed by atoms with Crippen molar-refractivity contribution in [2.75, 3.05) is 32.7 Å². The molecule has 4 rings (SSSR count). The Morgan fingerprint density at radius 3 is 2.58 bits per heavy atom. The van der Waals surface area contributed by atoms with E-state index in [0.717, 1.165) is 59.1 Å². The molecular weight excluding hydrogens is 390 g/mol. The highest BCUT2D eigenvalue weighted by Crippen LogP contribution is 2.30. The van der Waals surface area contributed by atoms with E-state index in [9.17, 15) is 4.79 Å². The van der Waals surface area contributed by atoms with Crippen molar-refractivity contribution in [3.63, 3.8) is 0 Å². The highest BCUT2D eigenvalue weighted by Gasteiger charge is 2.28. The van der Waals surface area contributed by atoms with Crippen molar-refractivity contribution in [2.45, 2.75) is 19.8 Å². The van der Waals surface area contributed by atoms with Crippen LogP contribution in [0.5, 0.6) is 0 Å². The van der Waals surface area contributed by atoms with Gasteiger partial charge in [-0.3, -0.25) is 14.7 Å². The van der Waals surface area contributed by atoms with Gasteiger partial charge in [0.1, 0.15) is 0 Å². The van der Waals surface area contributed by atoms with E-state index < -0.39 is 0 Å². The van der Waals surface area contributed by atoms with Crippen molar-refractivity contribution in [3.8, 4) is 11.3 Å². The van der Waals surface area contributed by atoms with Gasteiger partial charge in [0.05, 0.1) is 17.0 Å². The molecule has 2 heterocycles. The summed E-state index contributed by atoms with van der Waals surface area (Å²) in [4.78, 5) is 22.1. The maximum Gasteiger partial charge on any atom is 0.255 e. The summed E-state index contributed by atoms with van der Waals surface area (Å²) in [6.45, 7) is 6.76. The van der Waals surface area contributed by atoms with E-state index in [1.54, 1.807) is 0 Å². The number of pyridine rings is 1. The molecule has 1 saturated carbocycles. The molecule has 1 aliphatic carbocycles. The lowest BCUT2D eigenvalue weighted by Gasteiger charge is -2.35. The second-order valence-electron chi connectivity index (χ2n) is 7.38. The summed E-state index contributed by atoms with van der Waals surface area (Å²) in [7, 11) is 0. The van der Waals surface area contributed by atoms with Crippen LogP contribution in [0.2, 0.25) is 0 Å². The molecular formula is C21H24BrN3O. The summed E-state index contributed by atoms with van der Waals surface area (Å²) in [5.74, 6) is 1.02. The van der Waals surface area contributed by atoms with E-state index in [-0.39, 0.29) is 5.91 Å². The first-order chi connectivity index (χ1) is 12.6. The van der Waals surface area contributed by atoms with Crippen molar-refractivity contribution in [2.24, 2.45) is 5.92 Å². The Hall–Kier alpha value is -1.72. The van der Waals surface area contributed by atoms with Gasteiger partial charge in [0.15, 0.2) is 0 Å². The summed E-state index contributed by atoms with van der Waals surface area (Å²) in [5, 5.41) is 0. The van der Waals surface area contributed by atoms with E-state index in [2.05, 4.69) is 25.8 Å². The second-order valence-corrected chi connectivity index (χ2v) is 8.29. The first-order valence-corrected chi connectivity index (χ1v) is 10.1. The molecule has 0 radical (unpaired) electrons. The molecule has 1 saturated heterocycles. The normalized spacial score (nSPS) is 18.2. The number of aryl methyl sites for hydroxylation is 1. The molecule has 4 nitrogen and oxygen atoms in total. The fraction of sp³-hybridized carbons (Fsp3) is 0.429. The highest BCUT2D eigenvalue weighted by molar-refractivity contribution is 9.10. The molecule has 136 valence electrons. The Morgan fingerprint density at radius 2 is 1.92 bits per heavy atom. The van der Waals surface area contributed by atoms with Crippen LogP contribution in [0.15, 0.2) is 40.9 Å². The number of nitrogens with zero attached hydrogens (tertiary/aromatic N) is 3. The van der Waals surface area contributed by atoms with Crippen molar-refractivity contribution >= 4 is 21.8 Å². The topological polar surface area (TPSA) is 36.4 Å². The monoisotopic (exact) mass is 413 g/mol. The van der Waals surface area contributed by atoms with Gasteiger partial charge in [0.2, 0.25) is 0 Å². The molecule has 2 fully saturated rings. The van der Waals surface area contributed by atoms with E-state index in [1.165, 1.54) is 19.4 Å². The van der Waals surface area contributed by atoms with E-state index in [1.807, 2.05) is 48.2 Å². The molecule has 0 N–H and O–H groups in total. The van der Waals surface area contributed by atoms with Crippen molar-refractivity contribution < 1.29 is 4.79 Å². The van der Waals surface area contributed by atoms with Crippen LogP contribution in [0.3, 0.4) is 0 Å². The maximum absolute atomic E-state index is 12.9. The molecule has 0 unspecified atom stereocenters. The first-order valence-electron chi connectivity index (χ1n) is 9.35. The predicted molar refractivity (Wildman–Crippen MR) is 107 cm³/mol. The van der Waals surface area contributed by atoms with Gasteiger partial charge < -0.3 is 4.90 Å². The van der Waals surface area contributed by atoms with Gasteiger partial charge in [0, 0.05) is 42.8 Å². The zero-order valence-corrected chi connectivity index (χ0v) is 16.7. The molecule has 1 amide bonds. The van der Waals surface area contributed by atoms with Gasteiger partial charge in [-0.05, 0) is 49.9 Å². The highest BCUT2D eigenvalue weighted by atomic mass is 79.9. The molecule has 0 spiro atoms. The summed E-state index contributed by atoms with van der Waals surface area (Å²) in [6, 6.07) is 12.0. The van der Waals surface area contributed by atoms with Crippen molar-refractivity contribution in [1.29, 1.82) is 0 Å². The minimum Gasteiger partial charge on any atom is -0.336 e. The van der Waals surface area contributed by atoms with E-state index in [4.69, 9.17) is 0 Å². The van der Waals surface area contributed by atoms with Gasteiger partial charge in [0.25, 0.3) is 5.91 Å². The fourth-order valence-electron chi connectivity index (χ4n) is 3.57. The average Bonchev–Trinajstić information content (AvgIpc) is 3.46. The number of amides is 1. The van der Waals surface area contributed by atoms with Gasteiger partial charge in [-0.2, -0.15) is 0 Å². The fourth-order valence-corrected chi connectivity index (χ4v) is 3.96. The van der Waals surface area contributed by atoms with Crippen molar-refractivity contribution in [1.82, 2.24) is 14.8 Å². The standard InChI is InChI=1S/C21H24BrN3O/c1-15-19(7-8-20(23-15)17-3-2-4-18(22)13-17)21(26)25-11-9-24(10-12-25)14-16-5-6-16/h2-4,7-8,13,16H,5-6,9-12,14H2,1H3. The van der Waals surface area contributed by atoms with Crippen LogP contribution in [0, 0.1) is 12.8 Å². The zero-order chi connectivity index (χ0) is 18.1.